The number of aromatic amines is 2. The van der Waals surface area contributed by atoms with E-state index < -0.39 is 22.8 Å². The Morgan fingerprint density at radius 3 is 2.75 bits per heavy atom. The van der Waals surface area contributed by atoms with E-state index in [4.69, 9.17) is 0 Å². The van der Waals surface area contributed by atoms with Gasteiger partial charge in [0, 0.05) is 34.3 Å². The molecule has 0 saturated heterocycles. The van der Waals surface area contributed by atoms with Crippen molar-refractivity contribution in [3.05, 3.63) is 50.4 Å². The fraction of sp³-hybridized carbons (Fsp3) is 0.333. The van der Waals surface area contributed by atoms with Gasteiger partial charge in [0.1, 0.15) is 5.75 Å². The highest BCUT2D eigenvalue weighted by atomic mass is 16.4. The van der Waals surface area contributed by atoms with Crippen LogP contribution in [0.15, 0.2) is 16.9 Å². The summed E-state index contributed by atoms with van der Waals surface area (Å²) in [6, 6.07) is 4.13. The largest absolute Gasteiger partial charge is 0.506 e. The molecule has 146 valence electrons. The average molecular weight is 381 g/mol. The number of aromatic carboxylic acids is 1. The topological polar surface area (TPSA) is 118 Å². The molecule has 0 bridgehead atoms. The highest BCUT2D eigenvalue weighted by Gasteiger charge is 2.26. The summed E-state index contributed by atoms with van der Waals surface area (Å²) in [6.45, 7) is 5.78. The fourth-order valence-corrected chi connectivity index (χ4v) is 4.10. The molecule has 7 nitrogen and oxygen atoms in total. The quantitative estimate of drug-likeness (QED) is 0.476. The predicted molar refractivity (Wildman–Crippen MR) is 107 cm³/mol. The van der Waals surface area contributed by atoms with Crippen LogP contribution in [0.4, 0.5) is 0 Å². The molecule has 0 radical (unpaired) electrons. The molecule has 4 rings (SSSR count). The van der Waals surface area contributed by atoms with Gasteiger partial charge in [0.05, 0.1) is 5.69 Å². The first-order valence-electron chi connectivity index (χ1n) is 9.49. The van der Waals surface area contributed by atoms with E-state index in [0.717, 1.165) is 53.7 Å². The molecule has 0 spiro atoms. The first-order valence-corrected chi connectivity index (χ1v) is 9.49. The van der Waals surface area contributed by atoms with Crippen LogP contribution in [0.2, 0.25) is 0 Å². The lowest BCUT2D eigenvalue weighted by molar-refractivity contribution is 0.0691. The van der Waals surface area contributed by atoms with Crippen molar-refractivity contribution in [2.75, 3.05) is 6.54 Å². The van der Waals surface area contributed by atoms with Crippen LogP contribution in [0.25, 0.3) is 22.2 Å². The number of benzene rings is 1. The highest BCUT2D eigenvalue weighted by Crippen LogP contribution is 2.38. The summed E-state index contributed by atoms with van der Waals surface area (Å²) in [5.74, 6) is -1.84. The minimum absolute atomic E-state index is 0.422. The molecule has 0 atom stereocenters. The summed E-state index contributed by atoms with van der Waals surface area (Å²) in [7, 11) is 0. The van der Waals surface area contributed by atoms with Gasteiger partial charge in [-0.1, -0.05) is 6.92 Å². The molecule has 0 unspecified atom stereocenters. The van der Waals surface area contributed by atoms with Gasteiger partial charge in [0.15, 0.2) is 5.56 Å². The lowest BCUT2D eigenvalue weighted by Gasteiger charge is -2.12. The van der Waals surface area contributed by atoms with E-state index in [0.29, 0.717) is 17.7 Å². The lowest BCUT2D eigenvalue weighted by atomic mass is 9.97. The van der Waals surface area contributed by atoms with E-state index in [2.05, 4.69) is 35.2 Å². The maximum Gasteiger partial charge on any atom is 0.345 e. The van der Waals surface area contributed by atoms with Crippen LogP contribution < -0.4 is 10.9 Å². The van der Waals surface area contributed by atoms with Crippen LogP contribution in [0.1, 0.15) is 46.1 Å². The van der Waals surface area contributed by atoms with Crippen molar-refractivity contribution in [2.24, 2.45) is 0 Å². The first kappa shape index (κ1) is 18.3. The number of aromatic hydroxyl groups is 1. The van der Waals surface area contributed by atoms with Crippen LogP contribution in [-0.2, 0) is 19.4 Å². The average Bonchev–Trinajstić information content (AvgIpc) is 2.83. The summed E-state index contributed by atoms with van der Waals surface area (Å²) in [4.78, 5) is 29.8. The Morgan fingerprint density at radius 1 is 1.25 bits per heavy atom. The number of carboxylic acid groups (broad SMARTS) is 1. The monoisotopic (exact) mass is 381 g/mol. The standard InChI is InChI=1S/C21H23N3O4/c1-3-22-9-16-10(2)13-7-11-5-4-6-12-18(14(11)8-15(13)23-16)24-20(26)17(19(12)25)21(27)28/h7-8,22-23H,3-6,9H2,1-2H3,(H,27,28)(H2,24,25,26). The van der Waals surface area contributed by atoms with Crippen molar-refractivity contribution in [3.63, 3.8) is 0 Å². The van der Waals surface area contributed by atoms with Gasteiger partial charge < -0.3 is 25.5 Å². The van der Waals surface area contributed by atoms with Crippen molar-refractivity contribution in [1.29, 1.82) is 0 Å². The second-order valence-corrected chi connectivity index (χ2v) is 7.25. The number of carboxylic acids is 1. The Morgan fingerprint density at radius 2 is 2.04 bits per heavy atom. The molecule has 0 saturated carbocycles. The molecule has 5 N–H and O–H groups in total. The van der Waals surface area contributed by atoms with E-state index in [-0.39, 0.29) is 0 Å². The second kappa shape index (κ2) is 6.83. The molecule has 0 fully saturated rings. The maximum absolute atomic E-state index is 12.3. The molecule has 28 heavy (non-hydrogen) atoms. The molecule has 1 aliphatic carbocycles. The summed E-state index contributed by atoms with van der Waals surface area (Å²) < 4.78 is 0. The van der Waals surface area contributed by atoms with Gasteiger partial charge in [0.2, 0.25) is 0 Å². The number of fused-ring (bicyclic) bond motifs is 4. The van der Waals surface area contributed by atoms with E-state index in [9.17, 15) is 19.8 Å². The first-order chi connectivity index (χ1) is 13.4. The predicted octanol–water partition coefficient (Wildman–Crippen LogP) is 2.83. The van der Waals surface area contributed by atoms with E-state index in [1.807, 2.05) is 6.07 Å². The van der Waals surface area contributed by atoms with Gasteiger partial charge in [-0.15, -0.1) is 0 Å². The van der Waals surface area contributed by atoms with Crippen LogP contribution >= 0.6 is 0 Å². The minimum Gasteiger partial charge on any atom is -0.506 e. The van der Waals surface area contributed by atoms with Crippen molar-refractivity contribution < 1.29 is 15.0 Å². The van der Waals surface area contributed by atoms with Gasteiger partial charge in [-0.05, 0) is 56.0 Å². The number of aryl methyl sites for hydroxylation is 2. The zero-order valence-corrected chi connectivity index (χ0v) is 15.9. The summed E-state index contributed by atoms with van der Waals surface area (Å²) in [5.41, 5.74) is 4.82. The van der Waals surface area contributed by atoms with Gasteiger partial charge >= 0.3 is 5.97 Å². The smallest absolute Gasteiger partial charge is 0.345 e. The zero-order chi connectivity index (χ0) is 20.0. The normalized spacial score (nSPS) is 13.2. The third-order valence-electron chi connectivity index (χ3n) is 5.58. The van der Waals surface area contributed by atoms with Gasteiger partial charge in [-0.3, -0.25) is 4.79 Å². The summed E-state index contributed by atoms with van der Waals surface area (Å²) >= 11 is 0. The molecule has 0 aliphatic heterocycles. The number of pyridine rings is 1. The van der Waals surface area contributed by atoms with Crippen molar-refractivity contribution in [2.45, 2.75) is 39.7 Å². The molecule has 0 amide bonds. The van der Waals surface area contributed by atoms with Crippen LogP contribution in [0.3, 0.4) is 0 Å². The Kier molecular flexibility index (Phi) is 4.47. The third kappa shape index (κ3) is 2.79. The molecule has 1 aliphatic rings. The molecule has 3 aromatic rings. The van der Waals surface area contributed by atoms with Crippen molar-refractivity contribution in [1.82, 2.24) is 15.3 Å². The SMILES string of the molecule is CCNCc1[nH]c2cc3c(cc2c1C)CCCc1c-3[nH]c(=O)c(C(=O)O)c1O. The Labute approximate surface area is 161 Å². The molecule has 7 heteroatoms. The number of rotatable bonds is 4. The summed E-state index contributed by atoms with van der Waals surface area (Å²) in [6.07, 6.45) is 2.06. The van der Waals surface area contributed by atoms with Gasteiger partial charge in [-0.25, -0.2) is 4.79 Å². The Hall–Kier alpha value is -3.06. The van der Waals surface area contributed by atoms with Crippen molar-refractivity contribution in [3.8, 4) is 17.0 Å². The molecule has 1 aromatic carbocycles. The molecule has 2 aromatic heterocycles. The maximum atomic E-state index is 12.3. The van der Waals surface area contributed by atoms with Crippen LogP contribution in [0, 0.1) is 6.92 Å². The summed E-state index contributed by atoms with van der Waals surface area (Å²) in [5, 5.41) is 24.2. The van der Waals surface area contributed by atoms with Gasteiger partial charge in [0.25, 0.3) is 5.56 Å². The van der Waals surface area contributed by atoms with Crippen LogP contribution in [-0.4, -0.2) is 32.7 Å². The minimum atomic E-state index is -1.42. The third-order valence-corrected chi connectivity index (χ3v) is 5.58. The number of nitrogens with one attached hydrogen (secondary N) is 3. The van der Waals surface area contributed by atoms with Crippen LogP contribution in [0.5, 0.6) is 5.75 Å². The highest BCUT2D eigenvalue weighted by molar-refractivity contribution is 5.94. The number of aromatic nitrogens is 2. The fourth-order valence-electron chi connectivity index (χ4n) is 4.10. The lowest BCUT2D eigenvalue weighted by Crippen LogP contribution is -2.20. The van der Waals surface area contributed by atoms with E-state index in [1.54, 1.807) is 0 Å². The van der Waals surface area contributed by atoms with Crippen molar-refractivity contribution >= 4 is 16.9 Å². The van der Waals surface area contributed by atoms with E-state index >= 15 is 0 Å². The number of hydrogen-bond acceptors (Lipinski definition) is 4. The van der Waals surface area contributed by atoms with E-state index in [1.165, 1.54) is 5.56 Å². The molecule has 2 heterocycles. The molecular formula is C21H23N3O4. The Balaban J connectivity index is 1.95. The molecular weight excluding hydrogens is 358 g/mol. The van der Waals surface area contributed by atoms with Gasteiger partial charge in [-0.2, -0.15) is 0 Å². The number of carbonyl (C=O) groups is 1. The number of H-pyrrole nitrogens is 2. The second-order valence-electron chi connectivity index (χ2n) is 7.25. The zero-order valence-electron chi connectivity index (χ0n) is 15.9. The Bertz CT molecular complexity index is 1160. The number of hydrogen-bond donors (Lipinski definition) is 5.